The zero-order chi connectivity index (χ0) is 14.9. The van der Waals surface area contributed by atoms with E-state index in [-0.39, 0.29) is 5.78 Å². The Bertz CT molecular complexity index is 568. The fourth-order valence-corrected chi connectivity index (χ4v) is 2.65. The summed E-state index contributed by atoms with van der Waals surface area (Å²) in [6, 6.07) is 17.8. The van der Waals surface area contributed by atoms with Gasteiger partial charge in [-0.1, -0.05) is 58.4 Å². The maximum atomic E-state index is 11.9. The van der Waals surface area contributed by atoms with Crippen LogP contribution in [0, 0.1) is 0 Å². The third-order valence-corrected chi connectivity index (χ3v) is 3.83. The van der Waals surface area contributed by atoms with Crippen molar-refractivity contribution in [2.45, 2.75) is 19.3 Å². The average molecular weight is 346 g/mol. The number of ketones is 1. The fraction of sp³-hybridized carbons (Fsp3) is 0.278. The van der Waals surface area contributed by atoms with Crippen LogP contribution < -0.4 is 5.32 Å². The predicted octanol–water partition coefficient (Wildman–Crippen LogP) is 4.24. The van der Waals surface area contributed by atoms with Gasteiger partial charge in [0.05, 0.1) is 6.54 Å². The lowest BCUT2D eigenvalue weighted by molar-refractivity contribution is 0.0991. The number of benzene rings is 2. The van der Waals surface area contributed by atoms with E-state index in [0.717, 1.165) is 35.8 Å². The Kier molecular flexibility index (Phi) is 6.64. The molecule has 0 spiro atoms. The van der Waals surface area contributed by atoms with Gasteiger partial charge in [0.1, 0.15) is 0 Å². The molecule has 0 saturated heterocycles. The molecular weight excluding hydrogens is 326 g/mol. The summed E-state index contributed by atoms with van der Waals surface area (Å²) in [6.45, 7) is 1.30. The monoisotopic (exact) mass is 345 g/mol. The highest BCUT2D eigenvalue weighted by atomic mass is 79.9. The molecule has 2 nitrogen and oxygen atoms in total. The standard InChI is InChI=1S/C18H20BrNO/c19-17-11-6-8-15(13-17)7-4-5-12-20-14-18(21)16-9-2-1-3-10-16/h1-3,6,8-11,13,20H,4-5,7,12,14H2. The molecule has 0 atom stereocenters. The van der Waals surface area contributed by atoms with Crippen LogP contribution >= 0.6 is 15.9 Å². The van der Waals surface area contributed by atoms with E-state index in [1.54, 1.807) is 0 Å². The van der Waals surface area contributed by atoms with Crippen molar-refractivity contribution in [1.82, 2.24) is 5.32 Å². The summed E-state index contributed by atoms with van der Waals surface area (Å²) in [5.74, 6) is 0.155. The number of aryl methyl sites for hydroxylation is 1. The molecule has 0 aliphatic carbocycles. The van der Waals surface area contributed by atoms with Gasteiger partial charge in [-0.3, -0.25) is 4.79 Å². The van der Waals surface area contributed by atoms with Crippen molar-refractivity contribution in [3.63, 3.8) is 0 Å². The van der Waals surface area contributed by atoms with Gasteiger partial charge in [0.2, 0.25) is 0 Å². The zero-order valence-corrected chi connectivity index (χ0v) is 13.6. The van der Waals surface area contributed by atoms with Crippen LogP contribution in [-0.2, 0) is 6.42 Å². The quantitative estimate of drug-likeness (QED) is 0.572. The molecular formula is C18H20BrNO. The highest BCUT2D eigenvalue weighted by molar-refractivity contribution is 9.10. The van der Waals surface area contributed by atoms with Crippen molar-refractivity contribution in [1.29, 1.82) is 0 Å². The number of carbonyl (C=O) groups excluding carboxylic acids is 1. The maximum Gasteiger partial charge on any atom is 0.176 e. The van der Waals surface area contributed by atoms with Crippen molar-refractivity contribution in [3.8, 4) is 0 Å². The molecule has 2 rings (SSSR count). The van der Waals surface area contributed by atoms with E-state index >= 15 is 0 Å². The van der Waals surface area contributed by atoms with Crippen LogP contribution in [0.25, 0.3) is 0 Å². The summed E-state index contributed by atoms with van der Waals surface area (Å²) in [6.07, 6.45) is 3.28. The molecule has 110 valence electrons. The first-order chi connectivity index (χ1) is 10.3. The molecule has 0 aromatic heterocycles. The highest BCUT2D eigenvalue weighted by Gasteiger charge is 2.03. The largest absolute Gasteiger partial charge is 0.310 e. The van der Waals surface area contributed by atoms with Crippen molar-refractivity contribution in [2.75, 3.05) is 13.1 Å². The van der Waals surface area contributed by atoms with Crippen molar-refractivity contribution < 1.29 is 4.79 Å². The van der Waals surface area contributed by atoms with Crippen molar-refractivity contribution in [3.05, 3.63) is 70.2 Å². The van der Waals surface area contributed by atoms with Gasteiger partial charge in [0, 0.05) is 10.0 Å². The van der Waals surface area contributed by atoms with Crippen molar-refractivity contribution >= 4 is 21.7 Å². The number of nitrogens with one attached hydrogen (secondary N) is 1. The molecule has 0 saturated carbocycles. The van der Waals surface area contributed by atoms with E-state index in [2.05, 4.69) is 39.4 Å². The van der Waals surface area contributed by atoms with Crippen molar-refractivity contribution in [2.24, 2.45) is 0 Å². The highest BCUT2D eigenvalue weighted by Crippen LogP contribution is 2.13. The van der Waals surface area contributed by atoms with E-state index in [1.165, 1.54) is 5.56 Å². The Balaban J connectivity index is 1.59. The smallest absolute Gasteiger partial charge is 0.176 e. The van der Waals surface area contributed by atoms with Crippen LogP contribution in [0.2, 0.25) is 0 Å². The summed E-state index contributed by atoms with van der Waals surface area (Å²) < 4.78 is 1.13. The van der Waals surface area contributed by atoms with Gasteiger partial charge in [-0.2, -0.15) is 0 Å². The number of rotatable bonds is 8. The van der Waals surface area contributed by atoms with E-state index in [9.17, 15) is 4.79 Å². The Morgan fingerprint density at radius 1 is 1.00 bits per heavy atom. The maximum absolute atomic E-state index is 11.9. The summed E-state index contributed by atoms with van der Waals surface area (Å²) >= 11 is 3.48. The summed E-state index contributed by atoms with van der Waals surface area (Å²) in [4.78, 5) is 11.9. The lowest BCUT2D eigenvalue weighted by Crippen LogP contribution is -2.24. The molecule has 0 fully saturated rings. The first-order valence-corrected chi connectivity index (χ1v) is 8.08. The first-order valence-electron chi connectivity index (χ1n) is 7.29. The van der Waals surface area contributed by atoms with Crippen LogP contribution in [0.5, 0.6) is 0 Å². The molecule has 2 aromatic carbocycles. The zero-order valence-electron chi connectivity index (χ0n) is 12.0. The SMILES string of the molecule is O=C(CNCCCCc1cccc(Br)c1)c1ccccc1. The topological polar surface area (TPSA) is 29.1 Å². The van der Waals surface area contributed by atoms with Gasteiger partial charge in [-0.05, 0) is 43.5 Å². The van der Waals surface area contributed by atoms with Crippen LogP contribution in [0.4, 0.5) is 0 Å². The minimum absolute atomic E-state index is 0.155. The van der Waals surface area contributed by atoms with Gasteiger partial charge < -0.3 is 5.32 Å². The normalized spacial score (nSPS) is 10.5. The molecule has 0 aliphatic rings. The minimum Gasteiger partial charge on any atom is -0.310 e. The second kappa shape index (κ2) is 8.75. The molecule has 0 unspecified atom stereocenters. The van der Waals surface area contributed by atoms with Crippen LogP contribution in [0.15, 0.2) is 59.1 Å². The summed E-state index contributed by atoms with van der Waals surface area (Å²) in [5, 5.41) is 3.22. The van der Waals surface area contributed by atoms with E-state index in [4.69, 9.17) is 0 Å². The number of carbonyl (C=O) groups is 1. The predicted molar refractivity (Wildman–Crippen MR) is 90.7 cm³/mol. The number of hydrogen-bond acceptors (Lipinski definition) is 2. The van der Waals surface area contributed by atoms with E-state index in [0.29, 0.717) is 6.54 Å². The number of hydrogen-bond donors (Lipinski definition) is 1. The Hall–Kier alpha value is -1.45. The Morgan fingerprint density at radius 2 is 1.81 bits per heavy atom. The van der Waals surface area contributed by atoms with Gasteiger partial charge >= 0.3 is 0 Å². The molecule has 21 heavy (non-hydrogen) atoms. The van der Waals surface area contributed by atoms with Gasteiger partial charge in [0.25, 0.3) is 0 Å². The number of unbranched alkanes of at least 4 members (excludes halogenated alkanes) is 1. The second-order valence-corrected chi connectivity index (χ2v) is 5.97. The molecule has 0 amide bonds. The van der Waals surface area contributed by atoms with Gasteiger partial charge in [0.15, 0.2) is 5.78 Å². The van der Waals surface area contributed by atoms with Crippen LogP contribution in [0.1, 0.15) is 28.8 Å². The van der Waals surface area contributed by atoms with Gasteiger partial charge in [-0.15, -0.1) is 0 Å². The van der Waals surface area contributed by atoms with E-state index < -0.39 is 0 Å². The lowest BCUT2D eigenvalue weighted by atomic mass is 10.1. The first kappa shape index (κ1) is 15.9. The minimum atomic E-state index is 0.155. The van der Waals surface area contributed by atoms with E-state index in [1.807, 2.05) is 36.4 Å². The third kappa shape index (κ3) is 5.82. The Labute approximate surface area is 134 Å². The molecule has 0 aliphatic heterocycles. The number of Topliss-reactive ketones (excluding diaryl/α,β-unsaturated/α-hetero) is 1. The van der Waals surface area contributed by atoms with Crippen LogP contribution in [-0.4, -0.2) is 18.9 Å². The molecule has 3 heteroatoms. The lowest BCUT2D eigenvalue weighted by Gasteiger charge is -2.05. The second-order valence-electron chi connectivity index (χ2n) is 5.05. The van der Waals surface area contributed by atoms with Gasteiger partial charge in [-0.25, -0.2) is 0 Å². The number of halogens is 1. The molecule has 0 radical (unpaired) electrons. The summed E-state index contributed by atoms with van der Waals surface area (Å²) in [5.41, 5.74) is 2.13. The average Bonchev–Trinajstić information content (AvgIpc) is 2.51. The Morgan fingerprint density at radius 3 is 2.57 bits per heavy atom. The molecule has 0 heterocycles. The molecule has 2 aromatic rings. The van der Waals surface area contributed by atoms with Crippen LogP contribution in [0.3, 0.4) is 0 Å². The fourth-order valence-electron chi connectivity index (χ4n) is 2.20. The summed E-state index contributed by atoms with van der Waals surface area (Å²) in [7, 11) is 0. The molecule has 1 N–H and O–H groups in total. The third-order valence-electron chi connectivity index (χ3n) is 3.34. The molecule has 0 bridgehead atoms.